The molecule has 1 aliphatic heterocycles. The summed E-state index contributed by atoms with van der Waals surface area (Å²) < 4.78 is 39.9. The van der Waals surface area contributed by atoms with Crippen molar-refractivity contribution in [2.24, 2.45) is 0 Å². The predicted octanol–water partition coefficient (Wildman–Crippen LogP) is 1.45. The first kappa shape index (κ1) is 18.6. The lowest BCUT2D eigenvalue weighted by Gasteiger charge is -2.36. The number of piperazine rings is 1. The number of halogens is 2. The molecular formula is C16H21ClFN3O3S. The standard InChI is InChI=1S/C16H21ClFN3O3S/c1-11(16(22)19-13-3-4-13)20-6-8-21(9-7-20)25(23,24)15-5-2-12(18)10-14(15)17/h2,5,10-11,13H,3-4,6-9H2,1H3,(H,19,22). The van der Waals surface area contributed by atoms with E-state index in [0.29, 0.717) is 19.1 Å². The molecule has 1 unspecified atom stereocenters. The number of hydrogen-bond acceptors (Lipinski definition) is 4. The summed E-state index contributed by atoms with van der Waals surface area (Å²) in [5.41, 5.74) is 0. The van der Waals surface area contributed by atoms with Crippen molar-refractivity contribution in [2.75, 3.05) is 26.2 Å². The van der Waals surface area contributed by atoms with Crippen molar-refractivity contribution in [1.29, 1.82) is 0 Å². The fourth-order valence-corrected chi connectivity index (χ4v) is 4.80. The lowest BCUT2D eigenvalue weighted by Crippen LogP contribution is -2.55. The number of amides is 1. The van der Waals surface area contributed by atoms with Gasteiger partial charge in [0.2, 0.25) is 15.9 Å². The van der Waals surface area contributed by atoms with Gasteiger partial charge in [-0.3, -0.25) is 9.69 Å². The maximum atomic E-state index is 13.2. The molecule has 1 heterocycles. The van der Waals surface area contributed by atoms with Gasteiger partial charge in [0.05, 0.1) is 11.1 Å². The maximum Gasteiger partial charge on any atom is 0.244 e. The number of hydrogen-bond donors (Lipinski definition) is 1. The Balaban J connectivity index is 1.63. The highest BCUT2D eigenvalue weighted by atomic mass is 35.5. The van der Waals surface area contributed by atoms with E-state index >= 15 is 0 Å². The summed E-state index contributed by atoms with van der Waals surface area (Å²) in [5, 5.41) is 2.84. The number of nitrogens with zero attached hydrogens (tertiary/aromatic N) is 2. The zero-order valence-electron chi connectivity index (χ0n) is 13.9. The minimum atomic E-state index is -3.78. The molecule has 1 amide bonds. The topological polar surface area (TPSA) is 69.7 Å². The van der Waals surface area contributed by atoms with Crippen LogP contribution in [0.3, 0.4) is 0 Å². The highest BCUT2D eigenvalue weighted by molar-refractivity contribution is 7.89. The average molecular weight is 390 g/mol. The van der Waals surface area contributed by atoms with Gasteiger partial charge in [0, 0.05) is 32.2 Å². The molecule has 0 bridgehead atoms. The molecule has 2 aliphatic rings. The molecule has 9 heteroatoms. The lowest BCUT2D eigenvalue weighted by atomic mass is 10.2. The number of rotatable bonds is 5. The van der Waals surface area contributed by atoms with Gasteiger partial charge in [0.25, 0.3) is 0 Å². The van der Waals surface area contributed by atoms with Crippen molar-refractivity contribution in [2.45, 2.75) is 36.7 Å². The second-order valence-electron chi connectivity index (χ2n) is 6.47. The first-order valence-corrected chi connectivity index (χ1v) is 10.1. The maximum absolute atomic E-state index is 13.2. The summed E-state index contributed by atoms with van der Waals surface area (Å²) in [4.78, 5) is 14.0. The predicted molar refractivity (Wildman–Crippen MR) is 92.4 cm³/mol. The Morgan fingerprint density at radius 3 is 2.48 bits per heavy atom. The summed E-state index contributed by atoms with van der Waals surface area (Å²) in [7, 11) is -3.78. The third-order valence-electron chi connectivity index (χ3n) is 4.64. The van der Waals surface area contributed by atoms with E-state index < -0.39 is 15.8 Å². The van der Waals surface area contributed by atoms with Crippen LogP contribution in [-0.4, -0.2) is 61.8 Å². The SMILES string of the molecule is CC(C(=O)NC1CC1)N1CCN(S(=O)(=O)c2ccc(F)cc2Cl)CC1. The summed E-state index contributed by atoms with van der Waals surface area (Å²) >= 11 is 5.90. The van der Waals surface area contributed by atoms with Crippen LogP contribution < -0.4 is 5.32 Å². The van der Waals surface area contributed by atoms with E-state index in [1.54, 1.807) is 0 Å². The highest BCUT2D eigenvalue weighted by Gasteiger charge is 2.34. The molecule has 1 aliphatic carbocycles. The molecule has 1 N–H and O–H groups in total. The van der Waals surface area contributed by atoms with Gasteiger partial charge >= 0.3 is 0 Å². The Hall–Kier alpha value is -1.22. The van der Waals surface area contributed by atoms with Crippen molar-refractivity contribution in [1.82, 2.24) is 14.5 Å². The highest BCUT2D eigenvalue weighted by Crippen LogP contribution is 2.26. The van der Waals surface area contributed by atoms with E-state index in [0.717, 1.165) is 25.0 Å². The van der Waals surface area contributed by atoms with Gasteiger partial charge in [-0.15, -0.1) is 0 Å². The number of sulfonamides is 1. The first-order valence-electron chi connectivity index (χ1n) is 8.28. The normalized spacial score (nSPS) is 21.1. The molecule has 2 fully saturated rings. The monoisotopic (exact) mass is 389 g/mol. The molecule has 3 rings (SSSR count). The zero-order chi connectivity index (χ0) is 18.2. The van der Waals surface area contributed by atoms with Crippen LogP contribution in [0, 0.1) is 5.82 Å². The van der Waals surface area contributed by atoms with Crippen LogP contribution in [0.25, 0.3) is 0 Å². The molecular weight excluding hydrogens is 369 g/mol. The largest absolute Gasteiger partial charge is 0.352 e. The molecule has 1 atom stereocenters. The number of benzene rings is 1. The van der Waals surface area contributed by atoms with Crippen molar-refractivity contribution in [3.63, 3.8) is 0 Å². The Morgan fingerprint density at radius 2 is 1.92 bits per heavy atom. The van der Waals surface area contributed by atoms with Crippen molar-refractivity contribution >= 4 is 27.5 Å². The average Bonchev–Trinajstić information content (AvgIpc) is 3.38. The minimum Gasteiger partial charge on any atom is -0.352 e. The number of carbonyl (C=O) groups is 1. The van der Waals surface area contributed by atoms with E-state index in [9.17, 15) is 17.6 Å². The summed E-state index contributed by atoms with van der Waals surface area (Å²) in [6.45, 7) is 3.27. The molecule has 1 saturated carbocycles. The number of carbonyl (C=O) groups excluding carboxylic acids is 1. The van der Waals surface area contributed by atoms with E-state index in [1.807, 2.05) is 11.8 Å². The second-order valence-corrected chi connectivity index (χ2v) is 8.79. The molecule has 1 aromatic rings. The first-order chi connectivity index (χ1) is 11.8. The van der Waals surface area contributed by atoms with Crippen LogP contribution in [-0.2, 0) is 14.8 Å². The van der Waals surface area contributed by atoms with Crippen molar-refractivity contribution in [3.05, 3.63) is 29.0 Å². The molecule has 0 spiro atoms. The Labute approximate surface area is 152 Å². The van der Waals surface area contributed by atoms with E-state index in [4.69, 9.17) is 11.6 Å². The van der Waals surface area contributed by atoms with Crippen molar-refractivity contribution in [3.8, 4) is 0 Å². The molecule has 1 saturated heterocycles. The molecule has 1 aromatic carbocycles. The Morgan fingerprint density at radius 1 is 1.28 bits per heavy atom. The zero-order valence-corrected chi connectivity index (χ0v) is 15.5. The molecule has 0 radical (unpaired) electrons. The smallest absolute Gasteiger partial charge is 0.244 e. The Bertz CT molecular complexity index is 762. The van der Waals surface area contributed by atoms with Crippen LogP contribution in [0.2, 0.25) is 5.02 Å². The van der Waals surface area contributed by atoms with Crippen LogP contribution in [0.15, 0.2) is 23.1 Å². The summed E-state index contributed by atoms with van der Waals surface area (Å²) in [5.74, 6) is -0.593. The van der Waals surface area contributed by atoms with E-state index in [2.05, 4.69) is 5.32 Å². The molecule has 25 heavy (non-hydrogen) atoms. The lowest BCUT2D eigenvalue weighted by molar-refractivity contribution is -0.126. The van der Waals surface area contributed by atoms with Gasteiger partial charge in [-0.2, -0.15) is 4.31 Å². The third-order valence-corrected chi connectivity index (χ3v) is 7.02. The summed E-state index contributed by atoms with van der Waals surface area (Å²) in [6.07, 6.45) is 2.06. The van der Waals surface area contributed by atoms with Gasteiger partial charge in [-0.1, -0.05) is 11.6 Å². The van der Waals surface area contributed by atoms with Gasteiger partial charge in [0.15, 0.2) is 0 Å². The van der Waals surface area contributed by atoms with Gasteiger partial charge in [-0.05, 0) is 38.0 Å². The molecule has 138 valence electrons. The Kier molecular flexibility index (Phi) is 5.34. The van der Waals surface area contributed by atoms with Crippen LogP contribution >= 0.6 is 11.6 Å². The van der Waals surface area contributed by atoms with Gasteiger partial charge in [0.1, 0.15) is 10.7 Å². The minimum absolute atomic E-state index is 0.0135. The van der Waals surface area contributed by atoms with Gasteiger partial charge < -0.3 is 5.32 Å². The van der Waals surface area contributed by atoms with Gasteiger partial charge in [-0.25, -0.2) is 12.8 Å². The van der Waals surface area contributed by atoms with Crippen molar-refractivity contribution < 1.29 is 17.6 Å². The van der Waals surface area contributed by atoms with E-state index in [-0.39, 0.29) is 35.0 Å². The second kappa shape index (κ2) is 7.19. The fraction of sp³-hybridized carbons (Fsp3) is 0.562. The molecule has 0 aromatic heterocycles. The third kappa shape index (κ3) is 4.13. The summed E-state index contributed by atoms with van der Waals surface area (Å²) in [6, 6.07) is 3.27. The van der Waals surface area contributed by atoms with Crippen LogP contribution in [0.5, 0.6) is 0 Å². The number of nitrogens with one attached hydrogen (secondary N) is 1. The van der Waals surface area contributed by atoms with Crippen LogP contribution in [0.4, 0.5) is 4.39 Å². The van der Waals surface area contributed by atoms with E-state index in [1.165, 1.54) is 10.4 Å². The molecule has 6 nitrogen and oxygen atoms in total. The fourth-order valence-electron chi connectivity index (χ4n) is 2.87. The quantitative estimate of drug-likeness (QED) is 0.827. The van der Waals surface area contributed by atoms with Crippen LogP contribution in [0.1, 0.15) is 19.8 Å².